The summed E-state index contributed by atoms with van der Waals surface area (Å²) in [6, 6.07) is 0. The van der Waals surface area contributed by atoms with Crippen LogP contribution < -0.4 is 0 Å². The molecule has 4 atom stereocenters. The monoisotopic (exact) mass is 272 g/mol. The maximum Gasteiger partial charge on any atom is 0.0583 e. The molecule has 3 unspecified atom stereocenters. The van der Waals surface area contributed by atoms with Crippen molar-refractivity contribution in [3.8, 4) is 0 Å². The highest BCUT2D eigenvalue weighted by molar-refractivity contribution is 5.34. The molecule has 1 N–H and O–H groups in total. The van der Waals surface area contributed by atoms with Crippen LogP contribution in [0.25, 0.3) is 0 Å². The van der Waals surface area contributed by atoms with Crippen molar-refractivity contribution in [2.24, 2.45) is 17.3 Å². The molecule has 20 heavy (non-hydrogen) atoms. The van der Waals surface area contributed by atoms with E-state index < -0.39 is 0 Å². The number of aliphatic hydroxyl groups is 1. The topological polar surface area (TPSA) is 20.2 Å². The Kier molecular flexibility index (Phi) is 3.90. The largest absolute Gasteiger partial charge is 0.393 e. The molecule has 0 bridgehead atoms. The van der Waals surface area contributed by atoms with E-state index in [1.807, 2.05) is 0 Å². The second-order valence-corrected chi connectivity index (χ2v) is 7.33. The first-order chi connectivity index (χ1) is 9.59. The fourth-order valence-corrected chi connectivity index (χ4v) is 4.52. The predicted molar refractivity (Wildman–Crippen MR) is 84.4 cm³/mol. The summed E-state index contributed by atoms with van der Waals surface area (Å²) >= 11 is 0. The van der Waals surface area contributed by atoms with Crippen molar-refractivity contribution in [3.63, 3.8) is 0 Å². The van der Waals surface area contributed by atoms with Gasteiger partial charge in [0, 0.05) is 0 Å². The van der Waals surface area contributed by atoms with Gasteiger partial charge in [-0.2, -0.15) is 0 Å². The average Bonchev–Trinajstić information content (AvgIpc) is 2.73. The first-order valence-electron chi connectivity index (χ1n) is 8.35. The SMILES string of the molecule is CC1CCC2C(/C=C\C3=CCC[C@H](O)C3)=CCCC12C. The highest BCUT2D eigenvalue weighted by Crippen LogP contribution is 2.55. The molecule has 1 heteroatoms. The van der Waals surface area contributed by atoms with E-state index in [1.54, 1.807) is 5.57 Å². The number of hydrogen-bond acceptors (Lipinski definition) is 1. The van der Waals surface area contributed by atoms with E-state index in [0.717, 1.165) is 31.1 Å². The van der Waals surface area contributed by atoms with E-state index in [0.29, 0.717) is 5.41 Å². The maximum atomic E-state index is 9.75. The van der Waals surface area contributed by atoms with Crippen LogP contribution in [0.4, 0.5) is 0 Å². The van der Waals surface area contributed by atoms with Gasteiger partial charge in [-0.15, -0.1) is 0 Å². The minimum atomic E-state index is -0.128. The van der Waals surface area contributed by atoms with E-state index in [1.165, 1.54) is 31.3 Å². The molecule has 1 nitrogen and oxygen atoms in total. The molecular formula is C19H28O. The molecule has 0 radical (unpaired) electrons. The first kappa shape index (κ1) is 14.1. The maximum absolute atomic E-state index is 9.75. The number of fused-ring (bicyclic) bond motifs is 1. The van der Waals surface area contributed by atoms with Gasteiger partial charge >= 0.3 is 0 Å². The van der Waals surface area contributed by atoms with Gasteiger partial charge in [-0.25, -0.2) is 0 Å². The molecule has 1 fully saturated rings. The van der Waals surface area contributed by atoms with Crippen LogP contribution >= 0.6 is 0 Å². The zero-order valence-electron chi connectivity index (χ0n) is 12.9. The van der Waals surface area contributed by atoms with Crippen LogP contribution in [0.1, 0.15) is 58.8 Å². The molecule has 0 heterocycles. The first-order valence-corrected chi connectivity index (χ1v) is 8.35. The molecule has 3 aliphatic rings. The van der Waals surface area contributed by atoms with Gasteiger partial charge in [-0.3, -0.25) is 0 Å². The highest BCUT2D eigenvalue weighted by Gasteiger charge is 2.46. The van der Waals surface area contributed by atoms with Crippen LogP contribution in [0.3, 0.4) is 0 Å². The Morgan fingerprint density at radius 3 is 2.80 bits per heavy atom. The molecular weight excluding hydrogens is 244 g/mol. The van der Waals surface area contributed by atoms with Crippen LogP contribution in [0, 0.1) is 17.3 Å². The van der Waals surface area contributed by atoms with E-state index in [-0.39, 0.29) is 6.10 Å². The molecule has 0 amide bonds. The smallest absolute Gasteiger partial charge is 0.0583 e. The number of hydrogen-bond donors (Lipinski definition) is 1. The van der Waals surface area contributed by atoms with Gasteiger partial charge in [0.2, 0.25) is 0 Å². The molecule has 0 aromatic carbocycles. The number of rotatable bonds is 2. The minimum Gasteiger partial charge on any atom is -0.393 e. The third kappa shape index (κ3) is 2.53. The van der Waals surface area contributed by atoms with Gasteiger partial charge in [0.1, 0.15) is 0 Å². The van der Waals surface area contributed by atoms with Crippen molar-refractivity contribution in [1.82, 2.24) is 0 Å². The summed E-state index contributed by atoms with van der Waals surface area (Å²) in [5.41, 5.74) is 3.40. The summed E-state index contributed by atoms with van der Waals surface area (Å²) in [6.07, 6.45) is 17.4. The zero-order valence-corrected chi connectivity index (χ0v) is 12.9. The Morgan fingerprint density at radius 1 is 1.15 bits per heavy atom. The molecule has 0 spiro atoms. The summed E-state index contributed by atoms with van der Waals surface area (Å²) in [6.45, 7) is 4.94. The van der Waals surface area contributed by atoms with Gasteiger partial charge in [0.05, 0.1) is 6.10 Å². The molecule has 3 aliphatic carbocycles. The zero-order chi connectivity index (χ0) is 14.2. The van der Waals surface area contributed by atoms with Crippen LogP contribution in [0.15, 0.2) is 35.5 Å². The van der Waals surface area contributed by atoms with Crippen LogP contribution in [0.5, 0.6) is 0 Å². The van der Waals surface area contributed by atoms with Crippen molar-refractivity contribution in [2.45, 2.75) is 64.9 Å². The normalized spacial score (nSPS) is 41.5. The van der Waals surface area contributed by atoms with E-state index in [4.69, 9.17) is 0 Å². The molecule has 0 aliphatic heterocycles. The summed E-state index contributed by atoms with van der Waals surface area (Å²) in [7, 11) is 0. The van der Waals surface area contributed by atoms with Gasteiger partial charge in [0.25, 0.3) is 0 Å². The molecule has 0 aromatic heterocycles. The Labute approximate surface area is 123 Å². The Bertz CT molecular complexity index is 456. The summed E-state index contributed by atoms with van der Waals surface area (Å²) in [5, 5.41) is 9.75. The standard InChI is InChI=1S/C19H28O/c1-14-8-11-18-16(6-4-12-19(14,18)2)10-9-15-5-3-7-17(20)13-15/h5-6,9-10,14,17-18,20H,3-4,7-8,11-13H2,1-2H3/b10-9-/t14?,17-,18?,19?/m0/s1. The Hall–Kier alpha value is -0.820. The second-order valence-electron chi connectivity index (χ2n) is 7.33. The summed E-state index contributed by atoms with van der Waals surface area (Å²) in [4.78, 5) is 0. The van der Waals surface area contributed by atoms with Crippen LogP contribution in [0.2, 0.25) is 0 Å². The number of allylic oxidation sites excluding steroid dienone is 5. The third-order valence-corrected chi connectivity index (χ3v) is 6.14. The van der Waals surface area contributed by atoms with Crippen molar-refractivity contribution in [2.75, 3.05) is 0 Å². The molecule has 0 saturated heterocycles. The molecule has 110 valence electrons. The van der Waals surface area contributed by atoms with Gasteiger partial charge in [-0.05, 0) is 73.3 Å². The number of aliphatic hydroxyl groups excluding tert-OH is 1. The molecule has 3 rings (SSSR count). The van der Waals surface area contributed by atoms with E-state index in [2.05, 4.69) is 38.2 Å². The van der Waals surface area contributed by atoms with Crippen molar-refractivity contribution in [1.29, 1.82) is 0 Å². The van der Waals surface area contributed by atoms with Crippen molar-refractivity contribution >= 4 is 0 Å². The van der Waals surface area contributed by atoms with Crippen molar-refractivity contribution < 1.29 is 5.11 Å². The lowest BCUT2D eigenvalue weighted by atomic mass is 9.65. The second kappa shape index (κ2) is 5.52. The van der Waals surface area contributed by atoms with Crippen LogP contribution in [-0.2, 0) is 0 Å². The van der Waals surface area contributed by atoms with Gasteiger partial charge in [0.15, 0.2) is 0 Å². The summed E-state index contributed by atoms with van der Waals surface area (Å²) < 4.78 is 0. The quantitative estimate of drug-likeness (QED) is 0.766. The fraction of sp³-hybridized carbons (Fsp3) is 0.684. The molecule has 0 aromatic rings. The van der Waals surface area contributed by atoms with Gasteiger partial charge < -0.3 is 5.11 Å². The summed E-state index contributed by atoms with van der Waals surface area (Å²) in [5.74, 6) is 1.62. The minimum absolute atomic E-state index is 0.128. The van der Waals surface area contributed by atoms with Gasteiger partial charge in [-0.1, -0.05) is 38.2 Å². The lowest BCUT2D eigenvalue weighted by Crippen LogP contribution is -2.30. The predicted octanol–water partition coefficient (Wildman–Crippen LogP) is 4.79. The molecule has 1 saturated carbocycles. The average molecular weight is 272 g/mol. The van der Waals surface area contributed by atoms with E-state index in [9.17, 15) is 5.11 Å². The highest BCUT2D eigenvalue weighted by atomic mass is 16.3. The fourth-order valence-electron chi connectivity index (χ4n) is 4.52. The Balaban J connectivity index is 1.74. The lowest BCUT2D eigenvalue weighted by Gasteiger charge is -2.39. The Morgan fingerprint density at radius 2 is 2.00 bits per heavy atom. The van der Waals surface area contributed by atoms with Crippen LogP contribution in [-0.4, -0.2) is 11.2 Å². The van der Waals surface area contributed by atoms with Crippen molar-refractivity contribution in [3.05, 3.63) is 35.5 Å². The lowest BCUT2D eigenvalue weighted by molar-refractivity contribution is 0.161. The van der Waals surface area contributed by atoms with E-state index >= 15 is 0 Å². The third-order valence-electron chi connectivity index (χ3n) is 6.14.